The number of carbonyl (C=O) groups excluding carboxylic acids is 1. The molecule has 4 nitrogen and oxygen atoms in total. The summed E-state index contributed by atoms with van der Waals surface area (Å²) in [6.07, 6.45) is 5.01. The van der Waals surface area contributed by atoms with Gasteiger partial charge in [0, 0.05) is 11.9 Å². The Balaban J connectivity index is 2.29. The lowest BCUT2D eigenvalue weighted by atomic mass is 10.3. The van der Waals surface area contributed by atoms with E-state index in [0.717, 1.165) is 18.2 Å². The van der Waals surface area contributed by atoms with Crippen LogP contribution in [0.15, 0.2) is 18.5 Å². The fourth-order valence-corrected chi connectivity index (χ4v) is 1.34. The molecule has 0 fully saturated rings. The molecular formula is C9H12BrN3O. The van der Waals surface area contributed by atoms with Crippen LogP contribution in [0.4, 0.5) is 0 Å². The zero-order valence-electron chi connectivity index (χ0n) is 7.74. The lowest BCUT2D eigenvalue weighted by Gasteiger charge is -2.02. The van der Waals surface area contributed by atoms with E-state index in [4.69, 9.17) is 0 Å². The average molecular weight is 258 g/mol. The maximum absolute atomic E-state index is 11.4. The van der Waals surface area contributed by atoms with Crippen LogP contribution in [0.1, 0.15) is 23.2 Å². The zero-order chi connectivity index (χ0) is 10.2. The van der Waals surface area contributed by atoms with Gasteiger partial charge in [-0.1, -0.05) is 15.9 Å². The fourth-order valence-electron chi connectivity index (χ4n) is 0.948. The Morgan fingerprint density at radius 3 is 2.93 bits per heavy atom. The predicted octanol–water partition coefficient (Wildman–Crippen LogP) is 1.38. The molecule has 1 aromatic rings. The van der Waals surface area contributed by atoms with Gasteiger partial charge in [0.15, 0.2) is 0 Å². The van der Waals surface area contributed by atoms with Crippen LogP contribution >= 0.6 is 15.9 Å². The summed E-state index contributed by atoms with van der Waals surface area (Å²) in [4.78, 5) is 11.4. The van der Waals surface area contributed by atoms with Crippen molar-refractivity contribution in [2.75, 3.05) is 11.9 Å². The zero-order valence-corrected chi connectivity index (χ0v) is 9.33. The third-order valence-electron chi connectivity index (χ3n) is 1.69. The van der Waals surface area contributed by atoms with E-state index in [1.165, 1.54) is 12.4 Å². The minimum atomic E-state index is -0.0885. The molecule has 0 bridgehead atoms. The highest BCUT2D eigenvalue weighted by Gasteiger charge is 2.03. The van der Waals surface area contributed by atoms with Crippen LogP contribution in [0.25, 0.3) is 0 Å². The normalized spacial score (nSPS) is 9.79. The third kappa shape index (κ3) is 3.83. The minimum absolute atomic E-state index is 0.0885. The Morgan fingerprint density at radius 1 is 1.43 bits per heavy atom. The highest BCUT2D eigenvalue weighted by Crippen LogP contribution is 1.95. The van der Waals surface area contributed by atoms with E-state index < -0.39 is 0 Å². The van der Waals surface area contributed by atoms with Gasteiger partial charge in [-0.25, -0.2) is 0 Å². The molecule has 0 atom stereocenters. The number of nitrogens with zero attached hydrogens (tertiary/aromatic N) is 2. The van der Waals surface area contributed by atoms with Crippen LogP contribution < -0.4 is 5.32 Å². The van der Waals surface area contributed by atoms with Crippen molar-refractivity contribution in [1.29, 1.82) is 0 Å². The number of carbonyl (C=O) groups is 1. The quantitative estimate of drug-likeness (QED) is 0.641. The molecule has 0 saturated carbocycles. The predicted molar refractivity (Wildman–Crippen MR) is 57.4 cm³/mol. The molecule has 1 rings (SSSR count). The number of unbranched alkanes of at least 4 members (excludes halogenated alkanes) is 1. The summed E-state index contributed by atoms with van der Waals surface area (Å²) in [5, 5.41) is 11.0. The highest BCUT2D eigenvalue weighted by molar-refractivity contribution is 9.09. The van der Waals surface area contributed by atoms with Crippen LogP contribution in [0.2, 0.25) is 0 Å². The largest absolute Gasteiger partial charge is 0.352 e. The first-order valence-corrected chi connectivity index (χ1v) is 5.57. The molecule has 0 aliphatic heterocycles. The number of rotatable bonds is 5. The van der Waals surface area contributed by atoms with E-state index in [1.807, 2.05) is 0 Å². The van der Waals surface area contributed by atoms with Gasteiger partial charge >= 0.3 is 0 Å². The van der Waals surface area contributed by atoms with Crippen molar-refractivity contribution < 1.29 is 4.79 Å². The Hall–Kier alpha value is -0.970. The standard InChI is InChI=1S/C9H12BrN3O/c10-4-1-2-5-11-9(14)8-3-6-12-13-7-8/h3,6-7H,1-2,4-5H2,(H,11,14). The molecule has 0 aliphatic rings. The van der Waals surface area contributed by atoms with E-state index in [2.05, 4.69) is 31.4 Å². The monoisotopic (exact) mass is 257 g/mol. The molecular weight excluding hydrogens is 246 g/mol. The first-order valence-electron chi connectivity index (χ1n) is 4.45. The molecule has 1 N–H and O–H groups in total. The molecule has 76 valence electrons. The van der Waals surface area contributed by atoms with E-state index in [-0.39, 0.29) is 5.91 Å². The van der Waals surface area contributed by atoms with Crippen molar-refractivity contribution in [2.45, 2.75) is 12.8 Å². The molecule has 0 saturated heterocycles. The number of hydrogen-bond acceptors (Lipinski definition) is 3. The average Bonchev–Trinajstić information content (AvgIpc) is 2.25. The molecule has 0 aliphatic carbocycles. The first-order chi connectivity index (χ1) is 6.84. The number of amides is 1. The van der Waals surface area contributed by atoms with Crippen molar-refractivity contribution in [3.8, 4) is 0 Å². The number of aromatic nitrogens is 2. The Morgan fingerprint density at radius 2 is 2.29 bits per heavy atom. The van der Waals surface area contributed by atoms with Crippen LogP contribution in [-0.2, 0) is 0 Å². The van der Waals surface area contributed by atoms with Gasteiger partial charge in [0.25, 0.3) is 5.91 Å². The summed E-state index contributed by atoms with van der Waals surface area (Å²) in [5.41, 5.74) is 0.554. The van der Waals surface area contributed by atoms with Gasteiger partial charge in [-0.3, -0.25) is 4.79 Å². The van der Waals surface area contributed by atoms with Gasteiger partial charge < -0.3 is 5.32 Å². The van der Waals surface area contributed by atoms with E-state index in [9.17, 15) is 4.79 Å². The van der Waals surface area contributed by atoms with Gasteiger partial charge in [-0.05, 0) is 18.9 Å². The number of alkyl halides is 1. The summed E-state index contributed by atoms with van der Waals surface area (Å²) in [7, 11) is 0. The summed E-state index contributed by atoms with van der Waals surface area (Å²) in [5.74, 6) is -0.0885. The number of hydrogen-bond donors (Lipinski definition) is 1. The molecule has 0 spiro atoms. The van der Waals surface area contributed by atoms with Crippen LogP contribution in [-0.4, -0.2) is 28.0 Å². The first kappa shape index (κ1) is 11.1. The van der Waals surface area contributed by atoms with Gasteiger partial charge in [0.2, 0.25) is 0 Å². The minimum Gasteiger partial charge on any atom is -0.352 e. The SMILES string of the molecule is O=C(NCCCCBr)c1ccnnc1. The van der Waals surface area contributed by atoms with Crippen LogP contribution in [0.3, 0.4) is 0 Å². The lowest BCUT2D eigenvalue weighted by Crippen LogP contribution is -2.24. The van der Waals surface area contributed by atoms with Gasteiger partial charge in [0.1, 0.15) is 0 Å². The van der Waals surface area contributed by atoms with E-state index >= 15 is 0 Å². The van der Waals surface area contributed by atoms with Crippen molar-refractivity contribution >= 4 is 21.8 Å². The Bertz CT molecular complexity index is 279. The van der Waals surface area contributed by atoms with Gasteiger partial charge in [0.05, 0.1) is 18.0 Å². The van der Waals surface area contributed by atoms with Crippen molar-refractivity contribution in [1.82, 2.24) is 15.5 Å². The third-order valence-corrected chi connectivity index (χ3v) is 2.25. The van der Waals surface area contributed by atoms with Crippen molar-refractivity contribution in [2.24, 2.45) is 0 Å². The van der Waals surface area contributed by atoms with E-state index in [1.54, 1.807) is 6.07 Å². The second-order valence-electron chi connectivity index (χ2n) is 2.78. The summed E-state index contributed by atoms with van der Waals surface area (Å²) in [6.45, 7) is 0.701. The van der Waals surface area contributed by atoms with Crippen LogP contribution in [0.5, 0.6) is 0 Å². The van der Waals surface area contributed by atoms with Gasteiger partial charge in [-0.15, -0.1) is 0 Å². The maximum Gasteiger partial charge on any atom is 0.252 e. The molecule has 14 heavy (non-hydrogen) atoms. The number of halogens is 1. The lowest BCUT2D eigenvalue weighted by molar-refractivity contribution is 0.0952. The second kappa shape index (κ2) is 6.48. The molecule has 0 unspecified atom stereocenters. The second-order valence-corrected chi connectivity index (χ2v) is 3.58. The molecule has 1 heterocycles. The molecule has 1 aromatic heterocycles. The van der Waals surface area contributed by atoms with Crippen molar-refractivity contribution in [3.63, 3.8) is 0 Å². The smallest absolute Gasteiger partial charge is 0.252 e. The van der Waals surface area contributed by atoms with E-state index in [0.29, 0.717) is 12.1 Å². The fraction of sp³-hybridized carbons (Fsp3) is 0.444. The summed E-state index contributed by atoms with van der Waals surface area (Å²) < 4.78 is 0. The maximum atomic E-state index is 11.4. The Labute approximate surface area is 91.2 Å². The highest BCUT2D eigenvalue weighted by atomic mass is 79.9. The van der Waals surface area contributed by atoms with Crippen molar-refractivity contribution in [3.05, 3.63) is 24.0 Å². The molecule has 5 heteroatoms. The molecule has 0 aromatic carbocycles. The molecule has 1 amide bonds. The van der Waals surface area contributed by atoms with Gasteiger partial charge in [-0.2, -0.15) is 10.2 Å². The summed E-state index contributed by atoms with van der Waals surface area (Å²) >= 11 is 3.33. The Kier molecular flexibility index (Phi) is 5.14. The summed E-state index contributed by atoms with van der Waals surface area (Å²) in [6, 6.07) is 1.65. The topological polar surface area (TPSA) is 54.9 Å². The van der Waals surface area contributed by atoms with Crippen LogP contribution in [0, 0.1) is 0 Å². The number of nitrogens with one attached hydrogen (secondary N) is 1. The molecule has 0 radical (unpaired) electrons.